The Kier molecular flexibility index (Phi) is 16.6. The fourth-order valence-electron chi connectivity index (χ4n) is 6.18. The zero-order valence-electron chi connectivity index (χ0n) is 29.6. The van der Waals surface area contributed by atoms with Crippen molar-refractivity contribution >= 4 is 5.97 Å². The smallest absolute Gasteiger partial charge is 0.306 e. The topological polar surface area (TPSA) is 57.5 Å². The highest BCUT2D eigenvalue weighted by Crippen LogP contribution is 2.37. The Morgan fingerprint density at radius 2 is 1.07 bits per heavy atom. The Bertz CT molecular complexity index is 1070. The van der Waals surface area contributed by atoms with E-state index in [1.54, 1.807) is 6.07 Å². The first-order valence-corrected chi connectivity index (χ1v) is 18.0. The molecule has 0 heterocycles. The molecule has 44 heavy (non-hydrogen) atoms. The van der Waals surface area contributed by atoms with Gasteiger partial charge in [0.1, 0.15) is 5.75 Å². The Balaban J connectivity index is 1.86. The van der Waals surface area contributed by atoms with Crippen molar-refractivity contribution in [3.8, 4) is 16.9 Å². The van der Waals surface area contributed by atoms with Gasteiger partial charge in [0.15, 0.2) is 0 Å². The highest BCUT2D eigenvalue weighted by atomic mass is 16.4. The molecule has 2 aromatic carbocycles. The highest BCUT2D eigenvalue weighted by molar-refractivity contribution is 5.74. The van der Waals surface area contributed by atoms with Crippen LogP contribution in [0, 0.1) is 5.92 Å². The van der Waals surface area contributed by atoms with Crippen molar-refractivity contribution in [2.24, 2.45) is 5.92 Å². The van der Waals surface area contributed by atoms with E-state index in [2.05, 4.69) is 66.7 Å². The van der Waals surface area contributed by atoms with Crippen molar-refractivity contribution < 1.29 is 15.0 Å². The maximum absolute atomic E-state index is 12.3. The lowest BCUT2D eigenvalue weighted by atomic mass is 9.78. The Morgan fingerprint density at radius 3 is 1.48 bits per heavy atom. The first kappa shape index (κ1) is 37.9. The maximum Gasteiger partial charge on any atom is 0.306 e. The third-order valence-electron chi connectivity index (χ3n) is 9.29. The number of aromatic hydroxyl groups is 1. The molecule has 3 heteroatoms. The predicted molar refractivity (Wildman–Crippen MR) is 190 cm³/mol. The summed E-state index contributed by atoms with van der Waals surface area (Å²) in [5.41, 5.74) is 5.44. The number of phenolic OH excluding ortho intramolecular Hbond substituents is 1. The fraction of sp³-hybridized carbons (Fsp3) is 0.683. The second-order valence-electron chi connectivity index (χ2n) is 15.5. The van der Waals surface area contributed by atoms with Crippen LogP contribution >= 0.6 is 0 Å². The number of carboxylic acids is 1. The van der Waals surface area contributed by atoms with Gasteiger partial charge in [-0.05, 0) is 63.6 Å². The molecular weight excluding hydrogens is 540 g/mol. The molecule has 2 N–H and O–H groups in total. The zero-order chi connectivity index (χ0) is 32.6. The third kappa shape index (κ3) is 14.2. The molecule has 0 aromatic heterocycles. The number of hydrogen-bond donors (Lipinski definition) is 2. The summed E-state index contributed by atoms with van der Waals surface area (Å²) in [5, 5.41) is 20.6. The number of hydrogen-bond acceptors (Lipinski definition) is 2. The van der Waals surface area contributed by atoms with Gasteiger partial charge in [-0.3, -0.25) is 4.79 Å². The van der Waals surface area contributed by atoms with Crippen LogP contribution in [0.5, 0.6) is 5.75 Å². The molecular formula is C41H66O3. The van der Waals surface area contributed by atoms with Crippen LogP contribution < -0.4 is 0 Å². The van der Waals surface area contributed by atoms with Crippen LogP contribution in [0.3, 0.4) is 0 Å². The van der Waals surface area contributed by atoms with Crippen LogP contribution in [0.15, 0.2) is 36.4 Å². The normalized spacial score (nSPS) is 12.9. The lowest BCUT2D eigenvalue weighted by Gasteiger charge is -2.27. The van der Waals surface area contributed by atoms with E-state index in [-0.39, 0.29) is 16.6 Å². The van der Waals surface area contributed by atoms with E-state index in [0.717, 1.165) is 29.5 Å². The minimum atomic E-state index is -0.719. The van der Waals surface area contributed by atoms with Crippen molar-refractivity contribution in [2.45, 2.75) is 175 Å². The lowest BCUT2D eigenvalue weighted by Crippen LogP contribution is -2.18. The molecule has 0 saturated carbocycles. The van der Waals surface area contributed by atoms with E-state index in [1.165, 1.54) is 101 Å². The van der Waals surface area contributed by atoms with Crippen LogP contribution in [-0.4, -0.2) is 16.2 Å². The molecule has 0 amide bonds. The molecule has 1 unspecified atom stereocenters. The van der Waals surface area contributed by atoms with E-state index in [0.29, 0.717) is 12.8 Å². The SMILES string of the molecule is CCCCCCCCCCCCCCCCCCC(Cc1ccc(O)cc1-c1cc(C(C)(C)C)cc(C(C)(C)C)c1)C(=O)O. The monoisotopic (exact) mass is 607 g/mol. The summed E-state index contributed by atoms with van der Waals surface area (Å²) < 4.78 is 0. The van der Waals surface area contributed by atoms with Gasteiger partial charge in [-0.1, -0.05) is 175 Å². The average molecular weight is 607 g/mol. The van der Waals surface area contributed by atoms with Crippen molar-refractivity contribution in [1.29, 1.82) is 0 Å². The van der Waals surface area contributed by atoms with Crippen molar-refractivity contribution in [2.75, 3.05) is 0 Å². The van der Waals surface area contributed by atoms with Gasteiger partial charge in [0.2, 0.25) is 0 Å². The summed E-state index contributed by atoms with van der Waals surface area (Å²) in [6.07, 6.45) is 22.3. The van der Waals surface area contributed by atoms with Gasteiger partial charge in [0.05, 0.1) is 5.92 Å². The lowest BCUT2D eigenvalue weighted by molar-refractivity contribution is -0.142. The minimum absolute atomic E-state index is 0.0240. The second-order valence-corrected chi connectivity index (χ2v) is 15.5. The maximum atomic E-state index is 12.3. The Hall–Kier alpha value is -2.29. The molecule has 0 saturated heterocycles. The minimum Gasteiger partial charge on any atom is -0.508 e. The molecule has 2 aromatic rings. The quantitative estimate of drug-likeness (QED) is 0.139. The molecule has 0 aliphatic heterocycles. The summed E-state index contributed by atoms with van der Waals surface area (Å²) >= 11 is 0. The van der Waals surface area contributed by atoms with Crippen LogP contribution in [0.25, 0.3) is 11.1 Å². The molecule has 0 spiro atoms. The molecule has 0 fully saturated rings. The number of benzene rings is 2. The molecule has 0 aliphatic carbocycles. The van der Waals surface area contributed by atoms with Gasteiger partial charge >= 0.3 is 5.97 Å². The van der Waals surface area contributed by atoms with Gasteiger partial charge < -0.3 is 10.2 Å². The Labute approximate surface area is 271 Å². The molecule has 1 atom stereocenters. The Morgan fingerprint density at radius 1 is 0.636 bits per heavy atom. The first-order chi connectivity index (χ1) is 20.8. The highest BCUT2D eigenvalue weighted by Gasteiger charge is 2.24. The van der Waals surface area contributed by atoms with Crippen LogP contribution in [0.2, 0.25) is 0 Å². The van der Waals surface area contributed by atoms with Gasteiger partial charge in [0.25, 0.3) is 0 Å². The number of carboxylic acid groups (broad SMARTS) is 1. The van der Waals surface area contributed by atoms with Crippen molar-refractivity contribution in [3.05, 3.63) is 53.1 Å². The third-order valence-corrected chi connectivity index (χ3v) is 9.29. The van der Waals surface area contributed by atoms with E-state index >= 15 is 0 Å². The number of phenols is 1. The summed E-state index contributed by atoms with van der Waals surface area (Å²) in [6, 6.07) is 12.2. The summed E-state index contributed by atoms with van der Waals surface area (Å²) in [7, 11) is 0. The molecule has 2 rings (SSSR count). The van der Waals surface area contributed by atoms with Gasteiger partial charge in [-0.15, -0.1) is 0 Å². The van der Waals surface area contributed by atoms with Crippen LogP contribution in [-0.2, 0) is 22.0 Å². The number of aliphatic carboxylic acids is 1. The van der Waals surface area contributed by atoms with Crippen molar-refractivity contribution in [3.63, 3.8) is 0 Å². The summed E-state index contributed by atoms with van der Waals surface area (Å²) in [6.45, 7) is 15.6. The molecule has 0 radical (unpaired) electrons. The predicted octanol–water partition coefficient (Wildman–Crippen LogP) is 12.5. The zero-order valence-corrected chi connectivity index (χ0v) is 29.6. The number of unbranched alkanes of at least 4 members (excludes halogenated alkanes) is 15. The molecule has 248 valence electrons. The summed E-state index contributed by atoms with van der Waals surface area (Å²) in [5.74, 6) is -0.923. The molecule has 0 aliphatic rings. The first-order valence-electron chi connectivity index (χ1n) is 18.0. The van der Waals surface area contributed by atoms with Gasteiger partial charge in [-0.25, -0.2) is 0 Å². The summed E-state index contributed by atoms with van der Waals surface area (Å²) in [4.78, 5) is 12.3. The largest absolute Gasteiger partial charge is 0.508 e. The van der Waals surface area contributed by atoms with E-state index < -0.39 is 11.9 Å². The van der Waals surface area contributed by atoms with Crippen molar-refractivity contribution in [1.82, 2.24) is 0 Å². The van der Waals surface area contributed by atoms with Gasteiger partial charge in [0, 0.05) is 0 Å². The number of carbonyl (C=O) groups is 1. The fourth-order valence-corrected chi connectivity index (χ4v) is 6.18. The van der Waals surface area contributed by atoms with Gasteiger partial charge in [-0.2, -0.15) is 0 Å². The molecule has 0 bridgehead atoms. The van der Waals surface area contributed by atoms with E-state index in [4.69, 9.17) is 0 Å². The van der Waals surface area contributed by atoms with E-state index in [1.807, 2.05) is 12.1 Å². The second kappa shape index (κ2) is 19.3. The standard InChI is InChI=1S/C41H66O3/c1-8-9-10-11-12-13-14-15-16-17-18-19-20-21-22-23-24-33(39(43)44)27-32-25-26-37(42)31-38(32)34-28-35(40(2,3)4)30-36(29-34)41(5,6)7/h25-26,28-31,33,42H,8-24,27H2,1-7H3,(H,43,44). The average Bonchev–Trinajstić information content (AvgIpc) is 2.95. The van der Waals surface area contributed by atoms with Crippen LogP contribution in [0.4, 0.5) is 0 Å². The van der Waals surface area contributed by atoms with E-state index in [9.17, 15) is 15.0 Å². The molecule has 3 nitrogen and oxygen atoms in total. The van der Waals surface area contributed by atoms with Crippen LogP contribution in [0.1, 0.15) is 174 Å². The number of rotatable bonds is 21.